The SMILES string of the molecule is CCc1ccccc1NC(=O)c1cccc(NC2=C(Cl)C(=O)N(c3ccc(C)c(C)c3)C2=O)c1. The molecule has 0 bridgehead atoms. The van der Waals surface area contributed by atoms with Gasteiger partial charge in [-0.15, -0.1) is 0 Å². The Morgan fingerprint density at radius 2 is 1.68 bits per heavy atom. The second-order valence-electron chi connectivity index (χ2n) is 8.07. The summed E-state index contributed by atoms with van der Waals surface area (Å²) < 4.78 is 0. The molecular formula is C27H24ClN3O3. The van der Waals surface area contributed by atoms with Crippen LogP contribution < -0.4 is 15.5 Å². The molecule has 1 aliphatic heterocycles. The van der Waals surface area contributed by atoms with Crippen molar-refractivity contribution in [1.82, 2.24) is 0 Å². The number of benzene rings is 3. The van der Waals surface area contributed by atoms with Crippen molar-refractivity contribution in [3.8, 4) is 0 Å². The molecule has 2 N–H and O–H groups in total. The minimum atomic E-state index is -0.595. The summed E-state index contributed by atoms with van der Waals surface area (Å²) in [5, 5.41) is 5.66. The van der Waals surface area contributed by atoms with Crippen molar-refractivity contribution >= 4 is 46.4 Å². The Hall–Kier alpha value is -3.90. The minimum absolute atomic E-state index is 0.0289. The van der Waals surface area contributed by atoms with Gasteiger partial charge in [0.2, 0.25) is 0 Å². The number of amides is 3. The van der Waals surface area contributed by atoms with E-state index in [-0.39, 0.29) is 16.6 Å². The van der Waals surface area contributed by atoms with Gasteiger partial charge >= 0.3 is 0 Å². The number of para-hydroxylation sites is 1. The van der Waals surface area contributed by atoms with E-state index in [4.69, 9.17) is 11.6 Å². The molecule has 6 nitrogen and oxygen atoms in total. The first-order valence-corrected chi connectivity index (χ1v) is 11.3. The van der Waals surface area contributed by atoms with Crippen LogP contribution in [0.2, 0.25) is 0 Å². The van der Waals surface area contributed by atoms with E-state index in [1.807, 2.05) is 51.1 Å². The van der Waals surface area contributed by atoms with Gasteiger partial charge in [-0.25, -0.2) is 4.90 Å². The van der Waals surface area contributed by atoms with Crippen molar-refractivity contribution in [3.05, 3.63) is 99.7 Å². The van der Waals surface area contributed by atoms with Crippen LogP contribution in [0.4, 0.5) is 17.1 Å². The fourth-order valence-corrected chi connectivity index (χ4v) is 3.95. The summed E-state index contributed by atoms with van der Waals surface area (Å²) in [7, 11) is 0. The van der Waals surface area contributed by atoms with E-state index in [1.165, 1.54) is 0 Å². The molecule has 0 unspecified atom stereocenters. The predicted molar refractivity (Wildman–Crippen MR) is 135 cm³/mol. The molecule has 1 aliphatic rings. The highest BCUT2D eigenvalue weighted by Crippen LogP contribution is 2.31. The highest BCUT2D eigenvalue weighted by Gasteiger charge is 2.39. The molecule has 0 aliphatic carbocycles. The Morgan fingerprint density at radius 1 is 0.912 bits per heavy atom. The number of nitrogens with zero attached hydrogens (tertiary/aromatic N) is 1. The maximum absolute atomic E-state index is 13.1. The summed E-state index contributed by atoms with van der Waals surface area (Å²) in [6.07, 6.45) is 0.790. The molecule has 7 heteroatoms. The molecule has 0 saturated carbocycles. The first-order chi connectivity index (χ1) is 16.3. The highest BCUT2D eigenvalue weighted by atomic mass is 35.5. The second kappa shape index (κ2) is 9.53. The third-order valence-corrected chi connectivity index (χ3v) is 6.17. The van der Waals surface area contributed by atoms with Crippen LogP contribution in [0, 0.1) is 13.8 Å². The topological polar surface area (TPSA) is 78.5 Å². The van der Waals surface area contributed by atoms with Gasteiger partial charge in [0, 0.05) is 16.9 Å². The molecule has 3 aromatic carbocycles. The third-order valence-electron chi connectivity index (χ3n) is 5.82. The zero-order valence-electron chi connectivity index (χ0n) is 19.1. The standard InChI is InChI=1S/C27H24ClN3O3/c1-4-18-8-5-6-11-22(18)30-25(32)19-9-7-10-20(15-19)29-24-23(28)26(33)31(27(24)34)21-13-12-16(2)17(3)14-21/h5-15,29H,4H2,1-3H3,(H,30,32). The van der Waals surface area contributed by atoms with Crippen molar-refractivity contribution in [2.24, 2.45) is 0 Å². The van der Waals surface area contributed by atoms with Crippen LogP contribution in [0.3, 0.4) is 0 Å². The first-order valence-electron chi connectivity index (χ1n) is 10.9. The Labute approximate surface area is 203 Å². The van der Waals surface area contributed by atoms with Crippen LogP contribution in [0.1, 0.15) is 34.0 Å². The smallest absolute Gasteiger partial charge is 0.283 e. The summed E-state index contributed by atoms with van der Waals surface area (Å²) in [6.45, 7) is 5.89. The zero-order valence-corrected chi connectivity index (χ0v) is 19.9. The van der Waals surface area contributed by atoms with Crippen molar-refractivity contribution in [1.29, 1.82) is 0 Å². The Kier molecular flexibility index (Phi) is 6.52. The molecule has 3 amide bonds. The largest absolute Gasteiger partial charge is 0.350 e. The van der Waals surface area contributed by atoms with Gasteiger partial charge in [0.25, 0.3) is 17.7 Å². The molecule has 172 valence electrons. The number of anilines is 3. The lowest BCUT2D eigenvalue weighted by molar-refractivity contribution is -0.120. The Morgan fingerprint density at radius 3 is 2.41 bits per heavy atom. The van der Waals surface area contributed by atoms with Gasteiger partial charge in [0.15, 0.2) is 0 Å². The average Bonchev–Trinajstić information content (AvgIpc) is 3.04. The second-order valence-corrected chi connectivity index (χ2v) is 8.45. The summed E-state index contributed by atoms with van der Waals surface area (Å²) in [5.41, 5.74) is 5.08. The van der Waals surface area contributed by atoms with Crippen LogP contribution >= 0.6 is 11.6 Å². The number of hydrogen-bond donors (Lipinski definition) is 2. The monoisotopic (exact) mass is 473 g/mol. The fraction of sp³-hybridized carbons (Fsp3) is 0.148. The molecule has 0 spiro atoms. The number of rotatable bonds is 6. The zero-order chi connectivity index (χ0) is 24.4. The van der Waals surface area contributed by atoms with E-state index in [0.29, 0.717) is 16.9 Å². The molecule has 1 heterocycles. The lowest BCUT2D eigenvalue weighted by Crippen LogP contribution is -2.32. The van der Waals surface area contributed by atoms with Crippen LogP contribution in [0.25, 0.3) is 0 Å². The van der Waals surface area contributed by atoms with Gasteiger partial charge in [-0.1, -0.05) is 48.9 Å². The molecule has 4 rings (SSSR count). The fourth-order valence-electron chi connectivity index (χ4n) is 3.74. The van der Waals surface area contributed by atoms with Crippen LogP contribution in [0.5, 0.6) is 0 Å². The van der Waals surface area contributed by atoms with Crippen molar-refractivity contribution in [3.63, 3.8) is 0 Å². The third kappa shape index (κ3) is 4.45. The van der Waals surface area contributed by atoms with E-state index in [0.717, 1.165) is 33.7 Å². The number of carbonyl (C=O) groups excluding carboxylic acids is 3. The normalized spacial score (nSPS) is 13.5. The molecule has 3 aromatic rings. The Balaban J connectivity index is 1.55. The van der Waals surface area contributed by atoms with Crippen molar-refractivity contribution in [2.45, 2.75) is 27.2 Å². The lowest BCUT2D eigenvalue weighted by atomic mass is 10.1. The molecule has 34 heavy (non-hydrogen) atoms. The van der Waals surface area contributed by atoms with Crippen molar-refractivity contribution < 1.29 is 14.4 Å². The number of nitrogens with one attached hydrogen (secondary N) is 2. The molecule has 0 aromatic heterocycles. The Bertz CT molecular complexity index is 1350. The number of halogens is 1. The van der Waals surface area contributed by atoms with Gasteiger partial charge in [0.1, 0.15) is 10.7 Å². The van der Waals surface area contributed by atoms with Crippen LogP contribution in [0.15, 0.2) is 77.5 Å². The maximum atomic E-state index is 13.1. The van der Waals surface area contributed by atoms with E-state index in [2.05, 4.69) is 10.6 Å². The summed E-state index contributed by atoms with van der Waals surface area (Å²) >= 11 is 6.26. The summed E-state index contributed by atoms with van der Waals surface area (Å²) in [4.78, 5) is 39.7. The predicted octanol–water partition coefficient (Wildman–Crippen LogP) is 5.55. The van der Waals surface area contributed by atoms with Crippen LogP contribution in [-0.2, 0) is 16.0 Å². The molecular weight excluding hydrogens is 450 g/mol. The number of imide groups is 1. The lowest BCUT2D eigenvalue weighted by Gasteiger charge is -2.16. The van der Waals surface area contributed by atoms with Gasteiger partial charge in [-0.05, 0) is 73.4 Å². The number of carbonyl (C=O) groups is 3. The van der Waals surface area contributed by atoms with E-state index >= 15 is 0 Å². The summed E-state index contributed by atoms with van der Waals surface area (Å²) in [6, 6.07) is 19.6. The van der Waals surface area contributed by atoms with Gasteiger partial charge in [-0.2, -0.15) is 0 Å². The number of hydrogen-bond acceptors (Lipinski definition) is 4. The number of aryl methyl sites for hydroxylation is 3. The highest BCUT2D eigenvalue weighted by molar-refractivity contribution is 6.53. The van der Waals surface area contributed by atoms with E-state index < -0.39 is 11.8 Å². The van der Waals surface area contributed by atoms with Crippen LogP contribution in [-0.4, -0.2) is 17.7 Å². The quantitative estimate of drug-likeness (QED) is 0.460. The van der Waals surface area contributed by atoms with Gasteiger partial charge < -0.3 is 10.6 Å². The molecule has 0 radical (unpaired) electrons. The van der Waals surface area contributed by atoms with E-state index in [9.17, 15) is 14.4 Å². The van der Waals surface area contributed by atoms with Gasteiger partial charge in [0.05, 0.1) is 5.69 Å². The first kappa shape index (κ1) is 23.3. The van der Waals surface area contributed by atoms with Crippen molar-refractivity contribution in [2.75, 3.05) is 15.5 Å². The molecule has 0 atom stereocenters. The average molecular weight is 474 g/mol. The maximum Gasteiger partial charge on any atom is 0.283 e. The summed E-state index contributed by atoms with van der Waals surface area (Å²) in [5.74, 6) is -1.43. The van der Waals surface area contributed by atoms with Gasteiger partial charge in [-0.3, -0.25) is 14.4 Å². The van der Waals surface area contributed by atoms with E-state index in [1.54, 1.807) is 36.4 Å². The minimum Gasteiger partial charge on any atom is -0.350 e. The molecule has 0 saturated heterocycles. The molecule has 0 fully saturated rings.